The van der Waals surface area contributed by atoms with Crippen LogP contribution in [0.25, 0.3) is 56.4 Å². The third kappa shape index (κ3) is 4.27. The molecule has 1 spiro atoms. The van der Waals surface area contributed by atoms with Gasteiger partial charge in [-0.05, 0) is 64.7 Å². The molecule has 234 valence electrons. The van der Waals surface area contributed by atoms with E-state index in [1.165, 1.54) is 22.3 Å². The molecule has 0 saturated carbocycles. The van der Waals surface area contributed by atoms with E-state index in [4.69, 9.17) is 24.9 Å². The lowest BCUT2D eigenvalue weighted by atomic mass is 9.66. The van der Waals surface area contributed by atoms with Crippen LogP contribution in [0.15, 0.2) is 170 Å². The van der Waals surface area contributed by atoms with Gasteiger partial charge in [-0.15, -0.1) is 10.2 Å². The third-order valence-electron chi connectivity index (χ3n) is 9.90. The van der Waals surface area contributed by atoms with Crippen LogP contribution in [0.5, 0.6) is 11.5 Å². The fourth-order valence-corrected chi connectivity index (χ4v) is 7.70. The zero-order chi connectivity index (χ0) is 33.1. The van der Waals surface area contributed by atoms with Gasteiger partial charge < -0.3 is 4.74 Å². The Morgan fingerprint density at radius 3 is 1.50 bits per heavy atom. The molecular formula is C45H28N4O. The summed E-state index contributed by atoms with van der Waals surface area (Å²) in [5.41, 5.74) is 12.7. The number of hydrogen-bond acceptors (Lipinski definition) is 5. The molecule has 0 bridgehead atoms. The lowest BCUT2D eigenvalue weighted by Crippen LogP contribution is -2.32. The van der Waals surface area contributed by atoms with Crippen molar-refractivity contribution in [3.63, 3.8) is 0 Å². The molecule has 5 nitrogen and oxygen atoms in total. The zero-order valence-corrected chi connectivity index (χ0v) is 26.9. The summed E-state index contributed by atoms with van der Waals surface area (Å²) in [6, 6.07) is 58.6. The maximum absolute atomic E-state index is 6.60. The highest BCUT2D eigenvalue weighted by Gasteiger charge is 2.51. The fraction of sp³-hybridized carbons (Fsp3) is 0.0222. The Labute approximate surface area is 289 Å². The van der Waals surface area contributed by atoms with Gasteiger partial charge in [-0.2, -0.15) is 0 Å². The molecule has 0 amide bonds. The highest BCUT2D eigenvalue weighted by molar-refractivity contribution is 5.89. The third-order valence-corrected chi connectivity index (χ3v) is 9.90. The van der Waals surface area contributed by atoms with E-state index in [1.54, 1.807) is 0 Å². The molecule has 3 heterocycles. The Hall–Kier alpha value is -6.72. The van der Waals surface area contributed by atoms with Crippen LogP contribution in [0.1, 0.15) is 22.3 Å². The van der Waals surface area contributed by atoms with Crippen LogP contribution < -0.4 is 4.74 Å². The standard InChI is InChI=1S/C45H28N4O/c1-3-13-29(14-4-1)40-28-41(30-15-5-2-6-16-30)47-44(46-40)39-25-24-38(48-49-39)31-23-26-43-37(27-31)45(36-21-11-12-22-42(36)50-43)34-19-9-7-17-32(34)33-18-8-10-20-35(33)45/h1-28H. The van der Waals surface area contributed by atoms with Gasteiger partial charge in [0.2, 0.25) is 0 Å². The minimum absolute atomic E-state index is 0.526. The maximum Gasteiger partial charge on any atom is 0.181 e. The summed E-state index contributed by atoms with van der Waals surface area (Å²) in [6.45, 7) is 0. The number of fused-ring (bicyclic) bond motifs is 9. The van der Waals surface area contributed by atoms with Gasteiger partial charge in [-0.25, -0.2) is 9.97 Å². The summed E-state index contributed by atoms with van der Waals surface area (Å²) in [5, 5.41) is 9.45. The van der Waals surface area contributed by atoms with Gasteiger partial charge in [-0.1, -0.05) is 127 Å². The van der Waals surface area contributed by atoms with Crippen molar-refractivity contribution in [1.29, 1.82) is 0 Å². The predicted molar refractivity (Wildman–Crippen MR) is 197 cm³/mol. The number of para-hydroxylation sites is 1. The van der Waals surface area contributed by atoms with Gasteiger partial charge >= 0.3 is 0 Å². The van der Waals surface area contributed by atoms with Crippen LogP contribution >= 0.6 is 0 Å². The Balaban J connectivity index is 1.11. The average Bonchev–Trinajstić information content (AvgIpc) is 3.49. The minimum atomic E-state index is -0.541. The first-order chi connectivity index (χ1) is 24.8. The highest BCUT2D eigenvalue weighted by atomic mass is 16.5. The smallest absolute Gasteiger partial charge is 0.181 e. The van der Waals surface area contributed by atoms with Gasteiger partial charge in [0.1, 0.15) is 17.2 Å². The van der Waals surface area contributed by atoms with E-state index in [0.29, 0.717) is 11.5 Å². The van der Waals surface area contributed by atoms with Crippen LogP contribution in [0.2, 0.25) is 0 Å². The number of nitrogens with zero attached hydrogens (tertiary/aromatic N) is 4. The molecule has 0 unspecified atom stereocenters. The lowest BCUT2D eigenvalue weighted by Gasteiger charge is -2.39. The molecule has 8 aromatic rings. The van der Waals surface area contributed by atoms with Crippen molar-refractivity contribution in [1.82, 2.24) is 20.2 Å². The van der Waals surface area contributed by atoms with Crippen LogP contribution in [0.4, 0.5) is 0 Å². The van der Waals surface area contributed by atoms with Crippen molar-refractivity contribution >= 4 is 0 Å². The topological polar surface area (TPSA) is 60.8 Å². The lowest BCUT2D eigenvalue weighted by molar-refractivity contribution is 0.436. The Morgan fingerprint density at radius 2 is 0.880 bits per heavy atom. The highest BCUT2D eigenvalue weighted by Crippen LogP contribution is 2.62. The van der Waals surface area contributed by atoms with Crippen LogP contribution in [-0.4, -0.2) is 20.2 Å². The summed E-state index contributed by atoms with van der Waals surface area (Å²) < 4.78 is 6.60. The molecule has 1 aliphatic heterocycles. The second-order valence-electron chi connectivity index (χ2n) is 12.6. The molecule has 6 aromatic carbocycles. The van der Waals surface area contributed by atoms with Gasteiger partial charge in [0.25, 0.3) is 0 Å². The molecule has 0 saturated heterocycles. The Bertz CT molecular complexity index is 2460. The van der Waals surface area contributed by atoms with E-state index in [2.05, 4.69) is 109 Å². The van der Waals surface area contributed by atoms with E-state index in [0.717, 1.165) is 56.4 Å². The fourth-order valence-electron chi connectivity index (χ4n) is 7.70. The van der Waals surface area contributed by atoms with Gasteiger partial charge in [0.05, 0.1) is 22.5 Å². The Kier molecular flexibility index (Phi) is 6.33. The molecule has 0 atom stereocenters. The van der Waals surface area contributed by atoms with E-state index >= 15 is 0 Å². The number of aromatic nitrogens is 4. The molecule has 50 heavy (non-hydrogen) atoms. The van der Waals surface area contributed by atoms with Crippen LogP contribution in [0, 0.1) is 0 Å². The second kappa shape index (κ2) is 11.2. The molecule has 10 rings (SSSR count). The van der Waals surface area contributed by atoms with Crippen molar-refractivity contribution in [2.45, 2.75) is 5.41 Å². The zero-order valence-electron chi connectivity index (χ0n) is 26.9. The van der Waals surface area contributed by atoms with E-state index in [9.17, 15) is 0 Å². The van der Waals surface area contributed by atoms with Gasteiger partial charge in [-0.3, -0.25) is 0 Å². The molecule has 2 aliphatic rings. The van der Waals surface area contributed by atoms with Crippen molar-refractivity contribution in [2.24, 2.45) is 0 Å². The van der Waals surface area contributed by atoms with Crippen LogP contribution in [0.3, 0.4) is 0 Å². The Morgan fingerprint density at radius 1 is 0.360 bits per heavy atom. The molecule has 0 N–H and O–H groups in total. The SMILES string of the molecule is c1ccc(-c2cc(-c3ccccc3)nc(-c3ccc(-c4ccc5c(c4)C4(c6ccccc6O5)c5ccccc5-c5ccccc54)nn3)n2)cc1. The summed E-state index contributed by atoms with van der Waals surface area (Å²) in [5.74, 6) is 2.23. The van der Waals surface area contributed by atoms with Crippen molar-refractivity contribution < 1.29 is 4.74 Å². The normalized spacial score (nSPS) is 13.1. The molecular weight excluding hydrogens is 613 g/mol. The van der Waals surface area contributed by atoms with Crippen LogP contribution in [-0.2, 0) is 5.41 Å². The van der Waals surface area contributed by atoms with E-state index < -0.39 is 5.41 Å². The number of hydrogen-bond donors (Lipinski definition) is 0. The minimum Gasteiger partial charge on any atom is -0.457 e. The summed E-state index contributed by atoms with van der Waals surface area (Å²) >= 11 is 0. The summed E-state index contributed by atoms with van der Waals surface area (Å²) in [6.07, 6.45) is 0. The number of ether oxygens (including phenoxy) is 1. The number of benzene rings is 6. The summed E-state index contributed by atoms with van der Waals surface area (Å²) in [7, 11) is 0. The first-order valence-corrected chi connectivity index (χ1v) is 16.7. The van der Waals surface area contributed by atoms with Crippen molar-refractivity contribution in [2.75, 3.05) is 0 Å². The van der Waals surface area contributed by atoms with Crippen molar-refractivity contribution in [3.05, 3.63) is 192 Å². The number of rotatable bonds is 4. The monoisotopic (exact) mass is 640 g/mol. The molecule has 0 fully saturated rings. The molecule has 5 heteroatoms. The quantitative estimate of drug-likeness (QED) is 0.192. The van der Waals surface area contributed by atoms with Crippen molar-refractivity contribution in [3.8, 4) is 67.9 Å². The summed E-state index contributed by atoms with van der Waals surface area (Å²) in [4.78, 5) is 9.88. The van der Waals surface area contributed by atoms with E-state index in [-0.39, 0.29) is 0 Å². The van der Waals surface area contributed by atoms with Gasteiger partial charge in [0, 0.05) is 27.8 Å². The first kappa shape index (κ1) is 28.3. The average molecular weight is 641 g/mol. The predicted octanol–water partition coefficient (Wildman–Crippen LogP) is 10.4. The maximum atomic E-state index is 6.60. The van der Waals surface area contributed by atoms with Gasteiger partial charge in [0.15, 0.2) is 5.82 Å². The molecule has 2 aromatic heterocycles. The second-order valence-corrected chi connectivity index (χ2v) is 12.6. The first-order valence-electron chi connectivity index (χ1n) is 16.7. The largest absolute Gasteiger partial charge is 0.457 e. The van der Waals surface area contributed by atoms with E-state index in [1.807, 2.05) is 60.7 Å². The molecule has 1 aliphatic carbocycles. The molecule has 0 radical (unpaired) electrons.